The van der Waals surface area contributed by atoms with Crippen LogP contribution in [0.15, 0.2) is 55.0 Å². The van der Waals surface area contributed by atoms with Gasteiger partial charge in [0.2, 0.25) is 0 Å². The molecule has 3 aromatic rings. The van der Waals surface area contributed by atoms with Crippen LogP contribution in [0.4, 0.5) is 13.2 Å². The second kappa shape index (κ2) is 7.08. The molecule has 0 N–H and O–H groups in total. The van der Waals surface area contributed by atoms with Crippen LogP contribution < -0.4 is 0 Å². The van der Waals surface area contributed by atoms with Gasteiger partial charge >= 0.3 is 6.18 Å². The summed E-state index contributed by atoms with van der Waals surface area (Å²) >= 11 is 0. The molecule has 0 aliphatic carbocycles. The lowest BCUT2D eigenvalue weighted by Crippen LogP contribution is -2.31. The van der Waals surface area contributed by atoms with Crippen molar-refractivity contribution >= 4 is 0 Å². The zero-order chi connectivity index (χ0) is 18.9. The van der Waals surface area contributed by atoms with Crippen molar-refractivity contribution in [3.63, 3.8) is 0 Å². The van der Waals surface area contributed by atoms with Crippen molar-refractivity contribution < 1.29 is 13.2 Å². The lowest BCUT2D eigenvalue weighted by molar-refractivity contribution is -0.137. The van der Waals surface area contributed by atoms with Gasteiger partial charge in [0, 0.05) is 43.8 Å². The van der Waals surface area contributed by atoms with E-state index in [2.05, 4.69) is 19.9 Å². The van der Waals surface area contributed by atoms with E-state index in [1.165, 1.54) is 17.7 Å². The summed E-state index contributed by atoms with van der Waals surface area (Å²) in [6, 6.07) is 8.94. The van der Waals surface area contributed by atoms with Gasteiger partial charge in [-0.05, 0) is 41.8 Å². The summed E-state index contributed by atoms with van der Waals surface area (Å²) in [5.74, 6) is 0.452. The van der Waals surface area contributed by atoms with E-state index in [0.29, 0.717) is 17.9 Å². The average molecular weight is 370 g/mol. The second-order valence-electron chi connectivity index (χ2n) is 6.56. The van der Waals surface area contributed by atoms with Crippen LogP contribution in [0.2, 0.25) is 0 Å². The molecule has 0 amide bonds. The minimum Gasteiger partial charge on any atom is -0.293 e. The number of fused-ring (bicyclic) bond motifs is 1. The maximum atomic E-state index is 12.7. The Bertz CT molecular complexity index is 924. The van der Waals surface area contributed by atoms with Gasteiger partial charge < -0.3 is 0 Å². The van der Waals surface area contributed by atoms with Crippen LogP contribution in [0.25, 0.3) is 11.4 Å². The molecule has 0 saturated carbocycles. The molecule has 4 rings (SSSR count). The van der Waals surface area contributed by atoms with Gasteiger partial charge in [-0.15, -0.1) is 0 Å². The highest BCUT2D eigenvalue weighted by molar-refractivity contribution is 5.56. The highest BCUT2D eigenvalue weighted by Gasteiger charge is 2.30. The number of hydrogen-bond acceptors (Lipinski definition) is 4. The Morgan fingerprint density at radius 2 is 1.74 bits per heavy atom. The third-order valence-electron chi connectivity index (χ3n) is 4.65. The molecule has 1 aliphatic heterocycles. The van der Waals surface area contributed by atoms with Gasteiger partial charge in [0.25, 0.3) is 0 Å². The standard InChI is InChI=1S/C20H17F3N4/c21-20(22,23)17-3-1-15(2-4-17)19-25-11-16-7-10-27(13-18(16)26-19)12-14-5-8-24-9-6-14/h1-6,8-9,11H,7,10,12-13H2. The Hall–Kier alpha value is -2.80. The van der Waals surface area contributed by atoms with Gasteiger partial charge in [0.1, 0.15) is 0 Å². The molecule has 0 radical (unpaired) electrons. The summed E-state index contributed by atoms with van der Waals surface area (Å²) in [4.78, 5) is 15.3. The predicted octanol–water partition coefficient (Wildman–Crippen LogP) is 4.12. The van der Waals surface area contributed by atoms with Gasteiger partial charge in [-0.2, -0.15) is 13.2 Å². The summed E-state index contributed by atoms with van der Waals surface area (Å²) < 4.78 is 38.2. The zero-order valence-electron chi connectivity index (χ0n) is 14.4. The Kier molecular flexibility index (Phi) is 4.61. The molecule has 1 aliphatic rings. The van der Waals surface area contributed by atoms with Crippen molar-refractivity contribution in [2.75, 3.05) is 6.54 Å². The molecule has 1 aromatic carbocycles. The first-order chi connectivity index (χ1) is 13.0. The largest absolute Gasteiger partial charge is 0.416 e. The molecule has 4 nitrogen and oxygen atoms in total. The van der Waals surface area contributed by atoms with Crippen molar-refractivity contribution in [3.05, 3.63) is 77.4 Å². The molecule has 3 heterocycles. The Morgan fingerprint density at radius 1 is 1.00 bits per heavy atom. The molecule has 2 aromatic heterocycles. The van der Waals surface area contributed by atoms with Crippen LogP contribution in [-0.2, 0) is 25.7 Å². The van der Waals surface area contributed by atoms with Gasteiger partial charge in [-0.25, -0.2) is 9.97 Å². The first-order valence-electron chi connectivity index (χ1n) is 8.63. The quantitative estimate of drug-likeness (QED) is 0.696. The highest BCUT2D eigenvalue weighted by atomic mass is 19.4. The monoisotopic (exact) mass is 370 g/mol. The average Bonchev–Trinajstić information content (AvgIpc) is 2.68. The zero-order valence-corrected chi connectivity index (χ0v) is 14.4. The van der Waals surface area contributed by atoms with E-state index in [1.807, 2.05) is 12.1 Å². The van der Waals surface area contributed by atoms with Crippen LogP contribution in [0.3, 0.4) is 0 Å². The van der Waals surface area contributed by atoms with Crippen molar-refractivity contribution in [1.29, 1.82) is 0 Å². The summed E-state index contributed by atoms with van der Waals surface area (Å²) in [6.45, 7) is 2.41. The lowest BCUT2D eigenvalue weighted by atomic mass is 10.1. The van der Waals surface area contributed by atoms with Crippen LogP contribution in [-0.4, -0.2) is 26.4 Å². The minimum atomic E-state index is -4.34. The molecular weight excluding hydrogens is 353 g/mol. The number of alkyl halides is 3. The topological polar surface area (TPSA) is 41.9 Å². The van der Waals surface area contributed by atoms with Crippen molar-refractivity contribution in [3.8, 4) is 11.4 Å². The molecule has 0 atom stereocenters. The van der Waals surface area contributed by atoms with E-state index in [0.717, 1.165) is 42.9 Å². The number of rotatable bonds is 3. The molecule has 0 unspecified atom stereocenters. The van der Waals surface area contributed by atoms with E-state index in [4.69, 9.17) is 0 Å². The third-order valence-corrected chi connectivity index (χ3v) is 4.65. The Balaban J connectivity index is 1.54. The Labute approximate surface area is 154 Å². The third kappa shape index (κ3) is 3.98. The van der Waals surface area contributed by atoms with E-state index >= 15 is 0 Å². The maximum absolute atomic E-state index is 12.7. The van der Waals surface area contributed by atoms with E-state index < -0.39 is 11.7 Å². The molecular formula is C20H17F3N4. The van der Waals surface area contributed by atoms with Gasteiger partial charge in [0.15, 0.2) is 5.82 Å². The molecule has 0 bridgehead atoms. The normalized spacial score (nSPS) is 14.8. The summed E-state index contributed by atoms with van der Waals surface area (Å²) in [7, 11) is 0. The highest BCUT2D eigenvalue weighted by Crippen LogP contribution is 2.30. The first-order valence-corrected chi connectivity index (χ1v) is 8.63. The molecule has 0 saturated heterocycles. The summed E-state index contributed by atoms with van der Waals surface area (Å²) in [5, 5.41) is 0. The van der Waals surface area contributed by atoms with Crippen LogP contribution >= 0.6 is 0 Å². The van der Waals surface area contributed by atoms with Gasteiger partial charge in [-0.3, -0.25) is 9.88 Å². The van der Waals surface area contributed by atoms with Crippen molar-refractivity contribution in [2.24, 2.45) is 0 Å². The minimum absolute atomic E-state index is 0.452. The smallest absolute Gasteiger partial charge is 0.293 e. The van der Waals surface area contributed by atoms with E-state index in [9.17, 15) is 13.2 Å². The molecule has 138 valence electrons. The number of nitrogens with zero attached hydrogens (tertiary/aromatic N) is 4. The fourth-order valence-corrected chi connectivity index (χ4v) is 3.19. The van der Waals surface area contributed by atoms with Gasteiger partial charge in [-0.1, -0.05) is 12.1 Å². The summed E-state index contributed by atoms with van der Waals surface area (Å²) in [6.07, 6.45) is 1.85. The SMILES string of the molecule is FC(F)(F)c1ccc(-c2ncc3c(n2)CN(Cc2ccncc2)CC3)cc1. The Morgan fingerprint density at radius 3 is 2.44 bits per heavy atom. The number of aromatic nitrogens is 3. The van der Waals surface area contributed by atoms with Gasteiger partial charge in [0.05, 0.1) is 11.3 Å². The van der Waals surface area contributed by atoms with Crippen LogP contribution in [0.5, 0.6) is 0 Å². The molecule has 0 spiro atoms. The van der Waals surface area contributed by atoms with Crippen molar-refractivity contribution in [2.45, 2.75) is 25.7 Å². The molecule has 7 heteroatoms. The number of halogens is 3. The van der Waals surface area contributed by atoms with Crippen molar-refractivity contribution in [1.82, 2.24) is 19.9 Å². The lowest BCUT2D eigenvalue weighted by Gasteiger charge is -2.28. The molecule has 27 heavy (non-hydrogen) atoms. The second-order valence-corrected chi connectivity index (χ2v) is 6.56. The predicted molar refractivity (Wildman–Crippen MR) is 94.5 cm³/mol. The van der Waals surface area contributed by atoms with Crippen LogP contribution in [0.1, 0.15) is 22.4 Å². The number of hydrogen-bond donors (Lipinski definition) is 0. The van der Waals surface area contributed by atoms with E-state index in [-0.39, 0.29) is 0 Å². The van der Waals surface area contributed by atoms with E-state index in [1.54, 1.807) is 18.6 Å². The summed E-state index contributed by atoms with van der Waals surface area (Å²) in [5.41, 5.74) is 3.12. The first kappa shape index (κ1) is 17.6. The number of pyridine rings is 1. The fraction of sp³-hybridized carbons (Fsp3) is 0.250. The maximum Gasteiger partial charge on any atom is 0.416 e. The molecule has 0 fully saturated rings. The number of benzene rings is 1. The van der Waals surface area contributed by atoms with Crippen LogP contribution in [0, 0.1) is 0 Å². The fourth-order valence-electron chi connectivity index (χ4n) is 3.19.